The predicted molar refractivity (Wildman–Crippen MR) is 62.3 cm³/mol. The molecule has 1 fully saturated rings. The first-order chi connectivity index (χ1) is 6.41. The summed E-state index contributed by atoms with van der Waals surface area (Å²) in [6.07, 6.45) is 3.67. The summed E-state index contributed by atoms with van der Waals surface area (Å²) >= 11 is 0. The van der Waals surface area contributed by atoms with E-state index in [0.717, 1.165) is 18.4 Å². The number of hydrogen-bond acceptors (Lipinski definition) is 2. The highest BCUT2D eigenvalue weighted by molar-refractivity contribution is 4.94. The van der Waals surface area contributed by atoms with Gasteiger partial charge in [-0.1, -0.05) is 20.8 Å². The van der Waals surface area contributed by atoms with Crippen LogP contribution in [0.3, 0.4) is 0 Å². The molecule has 0 saturated carbocycles. The lowest BCUT2D eigenvalue weighted by atomic mass is 9.84. The van der Waals surface area contributed by atoms with Gasteiger partial charge in [0.1, 0.15) is 0 Å². The Kier molecular flexibility index (Phi) is 3.96. The van der Waals surface area contributed by atoms with Crippen molar-refractivity contribution in [3.63, 3.8) is 0 Å². The molecule has 14 heavy (non-hydrogen) atoms. The zero-order chi connectivity index (χ0) is 10.8. The Morgan fingerprint density at radius 1 is 1.36 bits per heavy atom. The molecule has 0 aromatic rings. The highest BCUT2D eigenvalue weighted by Crippen LogP contribution is 2.27. The van der Waals surface area contributed by atoms with Gasteiger partial charge in [-0.15, -0.1) is 0 Å². The topological polar surface area (TPSA) is 29.3 Å². The van der Waals surface area contributed by atoms with Gasteiger partial charge in [0.2, 0.25) is 0 Å². The third-order valence-electron chi connectivity index (χ3n) is 3.20. The van der Waals surface area contributed by atoms with Crippen molar-refractivity contribution >= 4 is 0 Å². The molecule has 1 saturated heterocycles. The molecule has 2 nitrogen and oxygen atoms in total. The molecule has 2 unspecified atom stereocenters. The Labute approximate surface area is 88.8 Å². The second-order valence-corrected chi connectivity index (χ2v) is 5.79. The maximum Gasteiger partial charge on any atom is 0.0298 e. The zero-order valence-corrected chi connectivity index (χ0v) is 10.2. The summed E-state index contributed by atoms with van der Waals surface area (Å²) in [4.78, 5) is 2.35. The van der Waals surface area contributed by atoms with Crippen LogP contribution in [0, 0.1) is 11.8 Å². The van der Waals surface area contributed by atoms with Crippen molar-refractivity contribution in [2.45, 2.75) is 45.6 Å². The molecule has 1 heterocycles. The lowest BCUT2D eigenvalue weighted by molar-refractivity contribution is 0.291. The fourth-order valence-corrected chi connectivity index (χ4v) is 2.86. The quantitative estimate of drug-likeness (QED) is 0.749. The van der Waals surface area contributed by atoms with E-state index >= 15 is 0 Å². The van der Waals surface area contributed by atoms with Crippen LogP contribution in [0.5, 0.6) is 0 Å². The van der Waals surface area contributed by atoms with Crippen molar-refractivity contribution in [1.29, 1.82) is 0 Å². The van der Waals surface area contributed by atoms with Gasteiger partial charge in [-0.25, -0.2) is 0 Å². The van der Waals surface area contributed by atoms with E-state index in [-0.39, 0.29) is 5.54 Å². The van der Waals surface area contributed by atoms with E-state index in [1.54, 1.807) is 0 Å². The lowest BCUT2D eigenvalue weighted by Crippen LogP contribution is -2.43. The highest BCUT2D eigenvalue weighted by atomic mass is 15.2. The third-order valence-corrected chi connectivity index (χ3v) is 3.20. The maximum atomic E-state index is 6.38. The monoisotopic (exact) mass is 198 g/mol. The van der Waals surface area contributed by atoms with Crippen LogP contribution in [0.2, 0.25) is 0 Å². The molecule has 0 radical (unpaired) electrons. The van der Waals surface area contributed by atoms with E-state index in [4.69, 9.17) is 5.73 Å². The third kappa shape index (κ3) is 3.58. The maximum absolute atomic E-state index is 6.38. The van der Waals surface area contributed by atoms with Gasteiger partial charge in [0.25, 0.3) is 0 Å². The van der Waals surface area contributed by atoms with E-state index in [1.165, 1.54) is 25.8 Å². The summed E-state index contributed by atoms with van der Waals surface area (Å²) in [5, 5.41) is 0. The molecule has 1 aliphatic rings. The van der Waals surface area contributed by atoms with Crippen molar-refractivity contribution in [3.05, 3.63) is 0 Å². The van der Waals surface area contributed by atoms with Crippen molar-refractivity contribution in [3.8, 4) is 0 Å². The Morgan fingerprint density at radius 2 is 2.00 bits per heavy atom. The van der Waals surface area contributed by atoms with Gasteiger partial charge >= 0.3 is 0 Å². The van der Waals surface area contributed by atoms with Crippen LogP contribution in [0.4, 0.5) is 0 Å². The highest BCUT2D eigenvalue weighted by Gasteiger charge is 2.33. The number of likely N-dealkylation sites (N-methyl/N-ethyl adjacent to an activating group) is 1. The summed E-state index contributed by atoms with van der Waals surface area (Å²) in [5.41, 5.74) is 6.48. The molecule has 2 heteroatoms. The van der Waals surface area contributed by atoms with E-state index in [9.17, 15) is 0 Å². The minimum atomic E-state index is 0.100. The summed E-state index contributed by atoms with van der Waals surface area (Å²) in [6.45, 7) is 9.17. The Hall–Kier alpha value is -0.0800. The van der Waals surface area contributed by atoms with Gasteiger partial charge in [-0.05, 0) is 44.7 Å². The number of rotatable bonds is 4. The van der Waals surface area contributed by atoms with Crippen LogP contribution in [0.15, 0.2) is 0 Å². The van der Waals surface area contributed by atoms with Crippen molar-refractivity contribution < 1.29 is 0 Å². The lowest BCUT2D eigenvalue weighted by Gasteiger charge is -2.28. The molecule has 2 N–H and O–H groups in total. The van der Waals surface area contributed by atoms with Crippen LogP contribution in [-0.2, 0) is 0 Å². The summed E-state index contributed by atoms with van der Waals surface area (Å²) in [6, 6.07) is 0. The largest absolute Gasteiger partial charge is 0.324 e. The molecule has 2 atom stereocenters. The number of nitrogens with two attached hydrogens (primary N) is 1. The van der Waals surface area contributed by atoms with Gasteiger partial charge in [-0.2, -0.15) is 0 Å². The van der Waals surface area contributed by atoms with Crippen LogP contribution < -0.4 is 5.73 Å². The zero-order valence-electron chi connectivity index (χ0n) is 10.2. The number of likely N-dealkylation sites (tertiary alicyclic amines) is 1. The second-order valence-electron chi connectivity index (χ2n) is 5.79. The van der Waals surface area contributed by atoms with Gasteiger partial charge in [0, 0.05) is 12.1 Å². The molecule has 0 bridgehead atoms. The number of hydrogen-bond donors (Lipinski definition) is 1. The van der Waals surface area contributed by atoms with Gasteiger partial charge in [-0.3, -0.25) is 0 Å². The predicted octanol–water partition coefficient (Wildman–Crippen LogP) is 2.09. The Morgan fingerprint density at radius 3 is 2.43 bits per heavy atom. The van der Waals surface area contributed by atoms with Crippen LogP contribution in [0.25, 0.3) is 0 Å². The second kappa shape index (κ2) is 4.63. The number of nitrogens with zero attached hydrogens (tertiary/aromatic N) is 1. The van der Waals surface area contributed by atoms with Crippen LogP contribution >= 0.6 is 0 Å². The molecule has 1 rings (SSSR count). The van der Waals surface area contributed by atoms with Gasteiger partial charge in [0.15, 0.2) is 0 Å². The van der Waals surface area contributed by atoms with E-state index < -0.39 is 0 Å². The fraction of sp³-hybridized carbons (Fsp3) is 1.00. The van der Waals surface area contributed by atoms with E-state index in [2.05, 4.69) is 32.7 Å². The summed E-state index contributed by atoms with van der Waals surface area (Å²) in [7, 11) is 2.17. The minimum Gasteiger partial charge on any atom is -0.324 e. The average Bonchev–Trinajstić information content (AvgIpc) is 2.28. The van der Waals surface area contributed by atoms with E-state index in [0.29, 0.717) is 0 Å². The normalized spacial score (nSPS) is 31.3. The Balaban J connectivity index is 2.35. The van der Waals surface area contributed by atoms with Gasteiger partial charge < -0.3 is 10.6 Å². The summed E-state index contributed by atoms with van der Waals surface area (Å²) in [5.74, 6) is 1.57. The summed E-state index contributed by atoms with van der Waals surface area (Å²) < 4.78 is 0. The molecule has 1 aliphatic heterocycles. The minimum absolute atomic E-state index is 0.100. The molecular weight excluding hydrogens is 172 g/mol. The van der Waals surface area contributed by atoms with Crippen LogP contribution in [0.1, 0.15) is 40.0 Å². The fourth-order valence-electron chi connectivity index (χ4n) is 2.86. The SMILES string of the molecule is CC(C)CC(C)CC1(N)CCN(C)C1. The molecule has 0 spiro atoms. The smallest absolute Gasteiger partial charge is 0.0298 e. The van der Waals surface area contributed by atoms with Gasteiger partial charge in [0.05, 0.1) is 0 Å². The average molecular weight is 198 g/mol. The molecule has 0 aliphatic carbocycles. The molecule has 0 aromatic carbocycles. The molecule has 0 aromatic heterocycles. The van der Waals surface area contributed by atoms with E-state index in [1.807, 2.05) is 0 Å². The molecule has 0 amide bonds. The first-order valence-electron chi connectivity index (χ1n) is 5.89. The first kappa shape index (κ1) is 12.0. The first-order valence-corrected chi connectivity index (χ1v) is 5.89. The van der Waals surface area contributed by atoms with Crippen molar-refractivity contribution in [2.24, 2.45) is 17.6 Å². The standard InChI is InChI=1S/C12H26N2/c1-10(2)7-11(3)8-12(13)5-6-14(4)9-12/h10-11H,5-9,13H2,1-4H3. The Bertz CT molecular complexity index is 179. The molecular formula is C12H26N2. The van der Waals surface area contributed by atoms with Crippen LogP contribution in [-0.4, -0.2) is 30.6 Å². The van der Waals surface area contributed by atoms with Crippen molar-refractivity contribution in [1.82, 2.24) is 4.90 Å². The molecule has 84 valence electrons. The van der Waals surface area contributed by atoms with Crippen molar-refractivity contribution in [2.75, 3.05) is 20.1 Å².